The molecule has 0 bridgehead atoms. The molecule has 0 saturated carbocycles. The lowest BCUT2D eigenvalue weighted by atomic mass is 10.1. The van der Waals surface area contributed by atoms with Crippen molar-refractivity contribution in [2.45, 2.75) is 50.8 Å². The van der Waals surface area contributed by atoms with Gasteiger partial charge in [0.1, 0.15) is 6.04 Å². The Morgan fingerprint density at radius 3 is 2.68 bits per heavy atom. The molecule has 0 spiro atoms. The maximum atomic E-state index is 11.0. The molecule has 0 aromatic carbocycles. The van der Waals surface area contributed by atoms with E-state index in [0.29, 0.717) is 10.8 Å². The van der Waals surface area contributed by atoms with Crippen LogP contribution in [0.4, 0.5) is 0 Å². The first-order valence-electron chi connectivity index (χ1n) is 6.04. The second-order valence-corrected chi connectivity index (χ2v) is 6.88. The summed E-state index contributed by atoms with van der Waals surface area (Å²) in [6.07, 6.45) is 0. The molecule has 7 heteroatoms. The summed E-state index contributed by atoms with van der Waals surface area (Å²) in [5, 5.41) is 14.0. The summed E-state index contributed by atoms with van der Waals surface area (Å²) in [5.74, 6) is -0.412. The first kappa shape index (κ1) is 16.3. The van der Waals surface area contributed by atoms with Crippen molar-refractivity contribution in [3.63, 3.8) is 0 Å². The van der Waals surface area contributed by atoms with E-state index in [4.69, 9.17) is 22.4 Å². The molecule has 0 aliphatic carbocycles. The van der Waals surface area contributed by atoms with Crippen LogP contribution >= 0.6 is 23.4 Å². The number of aliphatic carboxylic acids is 1. The number of carbonyl (C=O) groups is 1. The molecule has 19 heavy (non-hydrogen) atoms. The molecule has 0 saturated heterocycles. The lowest BCUT2D eigenvalue weighted by Crippen LogP contribution is -2.46. The summed E-state index contributed by atoms with van der Waals surface area (Å²) < 4.78 is 1.26. The second kappa shape index (κ2) is 6.15. The van der Waals surface area contributed by atoms with Gasteiger partial charge in [-0.15, -0.1) is 11.8 Å². The predicted molar refractivity (Wildman–Crippen MR) is 78.6 cm³/mol. The minimum atomic E-state index is -0.997. The van der Waals surface area contributed by atoms with Crippen LogP contribution in [0.3, 0.4) is 0 Å². The van der Waals surface area contributed by atoms with E-state index in [0.717, 1.165) is 17.9 Å². The Hall–Kier alpha value is -0.720. The van der Waals surface area contributed by atoms with Crippen molar-refractivity contribution in [3.05, 3.63) is 16.4 Å². The number of rotatable bonds is 6. The van der Waals surface area contributed by atoms with E-state index in [-0.39, 0.29) is 0 Å². The van der Waals surface area contributed by atoms with E-state index in [1.807, 2.05) is 32.4 Å². The predicted octanol–water partition coefficient (Wildman–Crippen LogP) is 2.29. The van der Waals surface area contributed by atoms with Gasteiger partial charge in [0, 0.05) is 17.0 Å². The number of hydrogen-bond acceptors (Lipinski definition) is 4. The zero-order valence-corrected chi connectivity index (χ0v) is 13.2. The molecule has 1 atom stereocenters. The van der Waals surface area contributed by atoms with Crippen LogP contribution in [0.15, 0.2) is 0 Å². The highest BCUT2D eigenvalue weighted by Crippen LogP contribution is 2.33. The third-order valence-corrected chi connectivity index (χ3v) is 4.96. The molecule has 0 fully saturated rings. The summed E-state index contributed by atoms with van der Waals surface area (Å²) in [7, 11) is 0. The van der Waals surface area contributed by atoms with Gasteiger partial charge in [-0.1, -0.05) is 11.6 Å². The molecule has 1 rings (SSSR count). The van der Waals surface area contributed by atoms with Crippen molar-refractivity contribution < 1.29 is 9.90 Å². The summed E-state index contributed by atoms with van der Waals surface area (Å²) in [5.41, 5.74) is 7.40. The van der Waals surface area contributed by atoms with Crippen LogP contribution in [0.1, 0.15) is 32.2 Å². The average molecular weight is 306 g/mol. The van der Waals surface area contributed by atoms with Gasteiger partial charge in [0.2, 0.25) is 0 Å². The molecular formula is C12H20ClN3O2S. The van der Waals surface area contributed by atoms with E-state index < -0.39 is 16.8 Å². The summed E-state index contributed by atoms with van der Waals surface area (Å²) >= 11 is 7.69. The zero-order chi connectivity index (χ0) is 14.8. The van der Waals surface area contributed by atoms with Gasteiger partial charge in [-0.05, 0) is 27.7 Å². The second-order valence-electron chi connectivity index (χ2n) is 4.87. The number of aryl methyl sites for hydroxylation is 2. The number of thioether (sulfide) groups is 1. The molecule has 0 unspecified atom stereocenters. The van der Waals surface area contributed by atoms with Crippen molar-refractivity contribution in [3.8, 4) is 0 Å². The van der Waals surface area contributed by atoms with Crippen molar-refractivity contribution in [2.24, 2.45) is 5.73 Å². The molecular weight excluding hydrogens is 286 g/mol. The number of halogens is 1. The Kier molecular flexibility index (Phi) is 5.29. The van der Waals surface area contributed by atoms with Gasteiger partial charge in [-0.2, -0.15) is 5.10 Å². The largest absolute Gasteiger partial charge is 0.480 e. The zero-order valence-electron chi connectivity index (χ0n) is 11.6. The highest BCUT2D eigenvalue weighted by molar-refractivity contribution is 7.99. The van der Waals surface area contributed by atoms with E-state index >= 15 is 0 Å². The fourth-order valence-corrected chi connectivity index (χ4v) is 3.01. The summed E-state index contributed by atoms with van der Waals surface area (Å²) in [6, 6.07) is -0.921. The van der Waals surface area contributed by atoms with E-state index in [1.165, 1.54) is 11.8 Å². The van der Waals surface area contributed by atoms with Crippen molar-refractivity contribution in [1.82, 2.24) is 9.78 Å². The lowest BCUT2D eigenvalue weighted by Gasteiger charge is -2.28. The van der Waals surface area contributed by atoms with Crippen LogP contribution in [-0.4, -0.2) is 31.6 Å². The van der Waals surface area contributed by atoms with Gasteiger partial charge in [-0.3, -0.25) is 9.48 Å². The summed E-state index contributed by atoms with van der Waals surface area (Å²) in [6.45, 7) is 8.23. The fraction of sp³-hybridized carbons (Fsp3) is 0.667. The Bertz CT molecular complexity index is 474. The standard InChI is InChI=1S/C12H20ClN3O2S/c1-5-16-8(9(13)7(2)15-16)6-19-12(3,4)10(14)11(17)18/h10H,5-6,14H2,1-4H3,(H,17,18)/t10-/m0/s1. The number of nitrogens with two attached hydrogens (primary N) is 1. The van der Waals surface area contributed by atoms with Crippen LogP contribution in [0.25, 0.3) is 0 Å². The molecule has 1 heterocycles. The van der Waals surface area contributed by atoms with Crippen molar-refractivity contribution in [1.29, 1.82) is 0 Å². The van der Waals surface area contributed by atoms with Crippen LogP contribution in [0.5, 0.6) is 0 Å². The maximum absolute atomic E-state index is 11.0. The van der Waals surface area contributed by atoms with Gasteiger partial charge in [-0.25, -0.2) is 0 Å². The van der Waals surface area contributed by atoms with Crippen LogP contribution in [-0.2, 0) is 17.1 Å². The van der Waals surface area contributed by atoms with Gasteiger partial charge in [0.05, 0.1) is 16.4 Å². The molecule has 0 aliphatic rings. The Balaban J connectivity index is 2.85. The highest BCUT2D eigenvalue weighted by atomic mass is 35.5. The molecule has 0 aliphatic heterocycles. The van der Waals surface area contributed by atoms with Crippen molar-refractivity contribution >= 4 is 29.3 Å². The number of nitrogens with zero attached hydrogens (tertiary/aromatic N) is 2. The lowest BCUT2D eigenvalue weighted by molar-refractivity contribution is -0.139. The van der Waals surface area contributed by atoms with Crippen LogP contribution < -0.4 is 5.73 Å². The van der Waals surface area contributed by atoms with Gasteiger partial charge >= 0.3 is 5.97 Å². The Morgan fingerprint density at radius 2 is 2.21 bits per heavy atom. The summed E-state index contributed by atoms with van der Waals surface area (Å²) in [4.78, 5) is 11.0. The first-order valence-corrected chi connectivity index (χ1v) is 7.41. The number of carboxylic acids is 1. The monoisotopic (exact) mass is 305 g/mol. The minimum Gasteiger partial charge on any atom is -0.480 e. The number of aromatic nitrogens is 2. The molecule has 5 nitrogen and oxygen atoms in total. The third-order valence-electron chi connectivity index (χ3n) is 3.05. The topological polar surface area (TPSA) is 81.1 Å². The molecule has 0 amide bonds. The van der Waals surface area contributed by atoms with Crippen molar-refractivity contribution in [2.75, 3.05) is 0 Å². The SMILES string of the molecule is CCn1nc(C)c(Cl)c1CSC(C)(C)[C@@H](N)C(=O)O. The van der Waals surface area contributed by atoms with E-state index in [2.05, 4.69) is 5.10 Å². The quantitative estimate of drug-likeness (QED) is 0.842. The minimum absolute atomic E-state index is 0.577. The van der Waals surface area contributed by atoms with E-state index in [9.17, 15) is 4.79 Å². The van der Waals surface area contributed by atoms with E-state index in [1.54, 1.807) is 0 Å². The maximum Gasteiger partial charge on any atom is 0.321 e. The Morgan fingerprint density at radius 1 is 1.63 bits per heavy atom. The Labute approximate surface area is 122 Å². The molecule has 1 aromatic heterocycles. The van der Waals surface area contributed by atoms with Gasteiger partial charge in [0.15, 0.2) is 0 Å². The van der Waals surface area contributed by atoms with Crippen LogP contribution in [0.2, 0.25) is 5.02 Å². The van der Waals surface area contributed by atoms with Gasteiger partial charge < -0.3 is 10.8 Å². The first-order chi connectivity index (χ1) is 8.70. The fourth-order valence-electron chi connectivity index (χ4n) is 1.65. The molecule has 1 aromatic rings. The third kappa shape index (κ3) is 3.64. The average Bonchev–Trinajstić information content (AvgIpc) is 2.61. The molecule has 108 valence electrons. The van der Waals surface area contributed by atoms with Crippen LogP contribution in [0, 0.1) is 6.92 Å². The van der Waals surface area contributed by atoms with Gasteiger partial charge in [0.25, 0.3) is 0 Å². The smallest absolute Gasteiger partial charge is 0.321 e. The highest BCUT2D eigenvalue weighted by Gasteiger charge is 2.33. The molecule has 3 N–H and O–H groups in total. The number of hydrogen-bond donors (Lipinski definition) is 2. The normalized spacial score (nSPS) is 13.6. The molecule has 0 radical (unpaired) electrons. The number of carboxylic acid groups (broad SMARTS) is 1.